The van der Waals surface area contributed by atoms with E-state index in [1.807, 2.05) is 84.9 Å². The average molecular weight is 771 g/mol. The number of carbonyl (C=O) groups excluding carboxylic acids is 1. The van der Waals surface area contributed by atoms with Crippen LogP contribution in [0.2, 0.25) is 20.1 Å². The van der Waals surface area contributed by atoms with E-state index in [0.29, 0.717) is 43.7 Å². The highest BCUT2D eigenvalue weighted by atomic mass is 35.5. The predicted octanol–water partition coefficient (Wildman–Crippen LogP) is 12.2. The minimum absolute atomic E-state index is 0.277. The van der Waals surface area contributed by atoms with E-state index in [1.54, 1.807) is 24.3 Å². The highest BCUT2D eigenvalue weighted by molar-refractivity contribution is 7.18. The standard InChI is InChI=1S/C19H15Cl2NO2S.C18H13Cl2NO2S/c1-24-19(23)18-16(10-17(25-18)12-5-3-2-4-6-12)22-11-13-7-8-14(20)9-15(13)21;19-13-7-6-12(14(20)8-13)10-21-15-9-16(24-17(15)18(22)23)11-4-2-1-3-5-11/h2-10,22H,11H2,1H3;1-9,21H,10H2,(H,22,23). The Hall–Kier alpha value is -4.02. The lowest BCUT2D eigenvalue weighted by Gasteiger charge is -2.08. The van der Waals surface area contributed by atoms with Crippen molar-refractivity contribution in [1.82, 2.24) is 0 Å². The summed E-state index contributed by atoms with van der Waals surface area (Å²) in [7, 11) is 1.38. The van der Waals surface area contributed by atoms with Gasteiger partial charge in [-0.25, -0.2) is 9.59 Å². The molecule has 0 aliphatic carbocycles. The second-order valence-corrected chi connectivity index (χ2v) is 14.2. The van der Waals surface area contributed by atoms with Crippen molar-refractivity contribution in [3.05, 3.63) is 150 Å². The molecule has 0 radical (unpaired) electrons. The van der Waals surface area contributed by atoms with Crippen LogP contribution in [-0.2, 0) is 17.8 Å². The maximum atomic E-state index is 12.1. The van der Waals surface area contributed by atoms with Crippen molar-refractivity contribution in [2.24, 2.45) is 0 Å². The first-order valence-corrected chi connectivity index (χ1v) is 17.8. The number of aromatic carboxylic acids is 1. The molecule has 0 fully saturated rings. The van der Waals surface area contributed by atoms with Gasteiger partial charge in [0.15, 0.2) is 0 Å². The van der Waals surface area contributed by atoms with E-state index in [9.17, 15) is 14.7 Å². The summed E-state index contributed by atoms with van der Waals surface area (Å²) in [5, 5.41) is 18.2. The SMILES string of the molecule is COC(=O)c1sc(-c2ccccc2)cc1NCc1ccc(Cl)cc1Cl.O=C(O)c1sc(-c2ccccc2)cc1NCc1ccc(Cl)cc1Cl. The number of benzene rings is 4. The van der Waals surface area contributed by atoms with Gasteiger partial charge in [-0.1, -0.05) is 119 Å². The van der Waals surface area contributed by atoms with Crippen molar-refractivity contribution < 1.29 is 19.4 Å². The minimum Gasteiger partial charge on any atom is -0.477 e. The molecule has 0 aliphatic heterocycles. The van der Waals surface area contributed by atoms with Gasteiger partial charge >= 0.3 is 11.9 Å². The van der Waals surface area contributed by atoms with Crippen LogP contribution in [0.1, 0.15) is 30.5 Å². The molecule has 6 nitrogen and oxygen atoms in total. The fourth-order valence-corrected chi connectivity index (χ4v) is 7.64. The minimum atomic E-state index is -0.952. The zero-order valence-electron chi connectivity index (χ0n) is 25.8. The van der Waals surface area contributed by atoms with Crippen LogP contribution in [0.3, 0.4) is 0 Å². The van der Waals surface area contributed by atoms with E-state index in [-0.39, 0.29) is 10.8 Å². The number of hydrogen-bond acceptors (Lipinski definition) is 7. The van der Waals surface area contributed by atoms with Crippen LogP contribution < -0.4 is 10.6 Å². The number of carboxylic acid groups (broad SMARTS) is 1. The summed E-state index contributed by atoms with van der Waals surface area (Å²) in [6.07, 6.45) is 0. The summed E-state index contributed by atoms with van der Waals surface area (Å²) >= 11 is 26.8. The first kappa shape index (κ1) is 36.3. The van der Waals surface area contributed by atoms with E-state index in [0.717, 1.165) is 37.7 Å². The number of anilines is 2. The Balaban J connectivity index is 0.000000191. The Labute approximate surface area is 311 Å². The van der Waals surface area contributed by atoms with Gasteiger partial charge in [-0.3, -0.25) is 0 Å². The monoisotopic (exact) mass is 768 g/mol. The highest BCUT2D eigenvalue weighted by Crippen LogP contribution is 2.37. The van der Waals surface area contributed by atoms with Crippen molar-refractivity contribution in [2.75, 3.05) is 17.7 Å². The summed E-state index contributed by atoms with van der Waals surface area (Å²) in [5.41, 5.74) is 5.09. The number of rotatable bonds is 10. The van der Waals surface area contributed by atoms with Crippen LogP contribution in [0.4, 0.5) is 11.4 Å². The molecule has 0 unspecified atom stereocenters. The smallest absolute Gasteiger partial charge is 0.350 e. The maximum absolute atomic E-state index is 12.1. The van der Waals surface area contributed by atoms with Crippen molar-refractivity contribution in [1.29, 1.82) is 0 Å². The molecule has 2 aromatic heterocycles. The summed E-state index contributed by atoms with van der Waals surface area (Å²) in [6.45, 7) is 0.895. The number of carboxylic acids is 1. The predicted molar refractivity (Wildman–Crippen MR) is 205 cm³/mol. The molecule has 4 aromatic carbocycles. The van der Waals surface area contributed by atoms with Crippen LogP contribution in [0.5, 0.6) is 0 Å². The third-order valence-corrected chi connectivity index (χ3v) is 10.6. The lowest BCUT2D eigenvalue weighted by molar-refractivity contribution is 0.0606. The van der Waals surface area contributed by atoms with Crippen molar-refractivity contribution in [3.8, 4) is 20.9 Å². The number of halogens is 4. The van der Waals surface area contributed by atoms with E-state index in [1.165, 1.54) is 29.8 Å². The Morgan fingerprint density at radius 3 is 1.47 bits per heavy atom. The quantitative estimate of drug-likeness (QED) is 0.120. The van der Waals surface area contributed by atoms with Gasteiger partial charge in [0.2, 0.25) is 0 Å². The first-order valence-electron chi connectivity index (χ1n) is 14.7. The lowest BCUT2D eigenvalue weighted by Crippen LogP contribution is -2.05. The number of hydrogen-bond donors (Lipinski definition) is 3. The summed E-state index contributed by atoms with van der Waals surface area (Å²) in [4.78, 5) is 26.3. The van der Waals surface area contributed by atoms with Gasteiger partial charge in [0.05, 0.1) is 18.5 Å². The Bertz CT molecular complexity index is 2070. The maximum Gasteiger partial charge on any atom is 0.350 e. The normalized spacial score (nSPS) is 10.6. The molecule has 250 valence electrons. The van der Waals surface area contributed by atoms with E-state index < -0.39 is 5.97 Å². The van der Waals surface area contributed by atoms with Gasteiger partial charge in [0.25, 0.3) is 0 Å². The molecule has 0 spiro atoms. The molecule has 6 rings (SSSR count). The molecule has 12 heteroatoms. The highest BCUT2D eigenvalue weighted by Gasteiger charge is 2.19. The molecule has 0 aliphatic rings. The van der Waals surface area contributed by atoms with E-state index >= 15 is 0 Å². The number of carbonyl (C=O) groups is 2. The van der Waals surface area contributed by atoms with Crippen molar-refractivity contribution in [2.45, 2.75) is 13.1 Å². The second-order valence-electron chi connectivity index (χ2n) is 10.4. The molecule has 0 bridgehead atoms. The lowest BCUT2D eigenvalue weighted by atomic mass is 10.2. The molecule has 0 atom stereocenters. The van der Waals surface area contributed by atoms with Gasteiger partial charge in [-0.15, -0.1) is 22.7 Å². The Morgan fingerprint density at radius 1 is 0.633 bits per heavy atom. The third-order valence-electron chi connectivity index (χ3n) is 7.11. The number of methoxy groups -OCH3 is 1. The molecule has 0 amide bonds. The van der Waals surface area contributed by atoms with Crippen LogP contribution in [0.25, 0.3) is 20.9 Å². The van der Waals surface area contributed by atoms with E-state index in [2.05, 4.69) is 10.6 Å². The zero-order chi connectivity index (χ0) is 34.9. The number of ether oxygens (including phenoxy) is 1. The summed E-state index contributed by atoms with van der Waals surface area (Å²) < 4.78 is 4.91. The topological polar surface area (TPSA) is 87.7 Å². The van der Waals surface area contributed by atoms with Crippen molar-refractivity contribution >= 4 is 92.4 Å². The summed E-state index contributed by atoms with van der Waals surface area (Å²) in [6, 6.07) is 34.0. The molecule has 0 saturated carbocycles. The fraction of sp³-hybridized carbons (Fsp3) is 0.0811. The Kier molecular flexibility index (Phi) is 12.6. The average Bonchev–Trinajstić information content (AvgIpc) is 3.74. The molecular weight excluding hydrogens is 742 g/mol. The largest absolute Gasteiger partial charge is 0.477 e. The number of esters is 1. The Morgan fingerprint density at radius 2 is 1.06 bits per heavy atom. The molecule has 6 aromatic rings. The summed E-state index contributed by atoms with van der Waals surface area (Å²) in [5.74, 6) is -1.32. The van der Waals surface area contributed by atoms with Gasteiger partial charge in [0.1, 0.15) is 9.75 Å². The van der Waals surface area contributed by atoms with Crippen LogP contribution in [-0.4, -0.2) is 24.2 Å². The fourth-order valence-electron chi connectivity index (χ4n) is 4.65. The van der Waals surface area contributed by atoms with Gasteiger partial charge in [-0.05, 0) is 58.7 Å². The first-order chi connectivity index (χ1) is 23.6. The van der Waals surface area contributed by atoms with Crippen molar-refractivity contribution in [3.63, 3.8) is 0 Å². The van der Waals surface area contributed by atoms with Crippen LogP contribution in [0.15, 0.2) is 109 Å². The second kappa shape index (κ2) is 17.1. The van der Waals surface area contributed by atoms with Crippen LogP contribution >= 0.6 is 69.1 Å². The van der Waals surface area contributed by atoms with Gasteiger partial charge in [-0.2, -0.15) is 0 Å². The van der Waals surface area contributed by atoms with Gasteiger partial charge in [0, 0.05) is 42.9 Å². The number of thiophene rings is 2. The molecule has 0 saturated heterocycles. The molecule has 2 heterocycles. The molecule has 49 heavy (non-hydrogen) atoms. The number of nitrogens with one attached hydrogen (secondary N) is 2. The van der Waals surface area contributed by atoms with Gasteiger partial charge < -0.3 is 20.5 Å². The zero-order valence-corrected chi connectivity index (χ0v) is 30.5. The molecular formula is C37H28Cl4N2O4S2. The molecule has 3 N–H and O–H groups in total. The third kappa shape index (κ3) is 9.57. The van der Waals surface area contributed by atoms with Crippen LogP contribution in [0, 0.1) is 0 Å². The van der Waals surface area contributed by atoms with E-state index in [4.69, 9.17) is 51.1 Å².